The van der Waals surface area contributed by atoms with E-state index in [1.165, 1.54) is 0 Å². The molecule has 2 unspecified atom stereocenters. The molecule has 2 nitrogen and oxygen atoms in total. The molecule has 1 fully saturated rings. The van der Waals surface area contributed by atoms with E-state index >= 15 is 0 Å². The van der Waals surface area contributed by atoms with E-state index in [2.05, 4.69) is 5.92 Å². The van der Waals surface area contributed by atoms with E-state index in [-0.39, 0.29) is 6.61 Å². The van der Waals surface area contributed by atoms with Crippen molar-refractivity contribution in [3.05, 3.63) is 0 Å². The molecule has 1 saturated carbocycles. The standard InChI is InChI=1S/C8H12O2/c1-2-8(6-9)5-3-4-7(8)10/h1,7,9-10H,3-6H2. The monoisotopic (exact) mass is 140 g/mol. The molecule has 1 rings (SSSR count). The highest BCUT2D eigenvalue weighted by atomic mass is 16.3. The van der Waals surface area contributed by atoms with Crippen molar-refractivity contribution in [2.24, 2.45) is 5.41 Å². The van der Waals surface area contributed by atoms with Crippen LogP contribution in [0.15, 0.2) is 0 Å². The van der Waals surface area contributed by atoms with Crippen molar-refractivity contribution >= 4 is 0 Å². The Bertz CT molecular complexity index is 159. The molecule has 2 N–H and O–H groups in total. The van der Waals surface area contributed by atoms with E-state index in [0.29, 0.717) is 0 Å². The van der Waals surface area contributed by atoms with E-state index in [1.807, 2.05) is 0 Å². The zero-order chi connectivity index (χ0) is 7.61. The highest BCUT2D eigenvalue weighted by Gasteiger charge is 2.39. The van der Waals surface area contributed by atoms with Crippen LogP contribution in [-0.2, 0) is 0 Å². The molecular formula is C8H12O2. The Balaban J connectivity index is 2.74. The maximum absolute atomic E-state index is 9.34. The summed E-state index contributed by atoms with van der Waals surface area (Å²) in [5.74, 6) is 2.48. The van der Waals surface area contributed by atoms with Crippen LogP contribution in [0.2, 0.25) is 0 Å². The molecule has 2 atom stereocenters. The molecule has 0 aromatic heterocycles. The Kier molecular flexibility index (Phi) is 1.98. The van der Waals surface area contributed by atoms with Gasteiger partial charge in [0, 0.05) is 0 Å². The van der Waals surface area contributed by atoms with Crippen molar-refractivity contribution in [1.29, 1.82) is 0 Å². The number of hydrogen-bond acceptors (Lipinski definition) is 2. The molecule has 0 heterocycles. The molecule has 2 heteroatoms. The highest BCUT2D eigenvalue weighted by Crippen LogP contribution is 2.36. The first-order valence-corrected chi connectivity index (χ1v) is 3.52. The Hall–Kier alpha value is -0.520. The summed E-state index contributed by atoms with van der Waals surface area (Å²) in [6, 6.07) is 0. The number of rotatable bonds is 1. The number of aliphatic hydroxyl groups is 2. The molecule has 0 radical (unpaired) electrons. The molecule has 1 aliphatic carbocycles. The minimum atomic E-state index is -0.625. The van der Waals surface area contributed by atoms with Crippen molar-refractivity contribution in [3.63, 3.8) is 0 Å². The summed E-state index contributed by atoms with van der Waals surface area (Å²) in [6.45, 7) is -0.0926. The zero-order valence-electron chi connectivity index (χ0n) is 5.88. The summed E-state index contributed by atoms with van der Waals surface area (Å²) < 4.78 is 0. The molecule has 0 aromatic carbocycles. The minimum Gasteiger partial charge on any atom is -0.395 e. The predicted molar refractivity (Wildman–Crippen MR) is 38.2 cm³/mol. The lowest BCUT2D eigenvalue weighted by molar-refractivity contribution is 0.0475. The topological polar surface area (TPSA) is 40.5 Å². The number of hydrogen-bond donors (Lipinski definition) is 2. The van der Waals surface area contributed by atoms with Crippen LogP contribution in [0.3, 0.4) is 0 Å². The van der Waals surface area contributed by atoms with Crippen LogP contribution in [0.5, 0.6) is 0 Å². The van der Waals surface area contributed by atoms with E-state index < -0.39 is 11.5 Å². The average molecular weight is 140 g/mol. The van der Waals surface area contributed by atoms with Crippen LogP contribution in [0, 0.1) is 17.8 Å². The molecule has 56 valence electrons. The lowest BCUT2D eigenvalue weighted by atomic mass is 9.86. The molecule has 1 aliphatic rings. The van der Waals surface area contributed by atoms with Gasteiger partial charge in [-0.15, -0.1) is 6.42 Å². The first kappa shape index (κ1) is 7.59. The summed E-state index contributed by atoms with van der Waals surface area (Å²) in [6.07, 6.45) is 7.10. The quantitative estimate of drug-likeness (QED) is 0.509. The number of aliphatic hydroxyl groups excluding tert-OH is 2. The van der Waals surface area contributed by atoms with Crippen LogP contribution in [-0.4, -0.2) is 22.9 Å². The third kappa shape index (κ3) is 0.920. The molecule has 0 aromatic rings. The normalized spacial score (nSPS) is 39.5. The largest absolute Gasteiger partial charge is 0.395 e. The Labute approximate surface area is 60.9 Å². The van der Waals surface area contributed by atoms with Gasteiger partial charge in [0.05, 0.1) is 18.1 Å². The molecule has 0 spiro atoms. The van der Waals surface area contributed by atoms with Crippen molar-refractivity contribution in [2.45, 2.75) is 25.4 Å². The summed E-state index contributed by atoms with van der Waals surface area (Å²) in [7, 11) is 0. The highest BCUT2D eigenvalue weighted by molar-refractivity contribution is 5.12. The molecule has 10 heavy (non-hydrogen) atoms. The first-order chi connectivity index (χ1) is 4.75. The second kappa shape index (κ2) is 2.61. The van der Waals surface area contributed by atoms with E-state index in [0.717, 1.165) is 19.3 Å². The Morgan fingerprint density at radius 2 is 2.40 bits per heavy atom. The van der Waals surface area contributed by atoms with E-state index in [4.69, 9.17) is 11.5 Å². The summed E-state index contributed by atoms with van der Waals surface area (Å²) in [4.78, 5) is 0. The van der Waals surface area contributed by atoms with Crippen LogP contribution in [0.25, 0.3) is 0 Å². The van der Waals surface area contributed by atoms with Crippen LogP contribution >= 0.6 is 0 Å². The van der Waals surface area contributed by atoms with Crippen molar-refractivity contribution in [3.8, 4) is 12.3 Å². The van der Waals surface area contributed by atoms with Crippen molar-refractivity contribution in [1.82, 2.24) is 0 Å². The first-order valence-electron chi connectivity index (χ1n) is 3.52. The summed E-state index contributed by atoms with van der Waals surface area (Å²) >= 11 is 0. The Morgan fingerprint density at radius 1 is 1.70 bits per heavy atom. The van der Waals surface area contributed by atoms with Gasteiger partial charge in [-0.25, -0.2) is 0 Å². The fraction of sp³-hybridized carbons (Fsp3) is 0.750. The maximum Gasteiger partial charge on any atom is 0.0800 e. The fourth-order valence-corrected chi connectivity index (χ4v) is 1.45. The van der Waals surface area contributed by atoms with Gasteiger partial charge >= 0.3 is 0 Å². The van der Waals surface area contributed by atoms with E-state index in [1.54, 1.807) is 0 Å². The molecule has 0 saturated heterocycles. The van der Waals surface area contributed by atoms with Gasteiger partial charge in [-0.2, -0.15) is 0 Å². The smallest absolute Gasteiger partial charge is 0.0800 e. The van der Waals surface area contributed by atoms with Gasteiger partial charge in [-0.1, -0.05) is 5.92 Å². The minimum absolute atomic E-state index is 0.0926. The lowest BCUT2D eigenvalue weighted by Crippen LogP contribution is -2.31. The van der Waals surface area contributed by atoms with Crippen molar-refractivity contribution < 1.29 is 10.2 Å². The molecular weight excluding hydrogens is 128 g/mol. The lowest BCUT2D eigenvalue weighted by Gasteiger charge is -2.23. The molecule has 0 amide bonds. The second-order valence-corrected chi connectivity index (χ2v) is 2.87. The third-order valence-electron chi connectivity index (χ3n) is 2.31. The SMILES string of the molecule is C#CC1(CO)CCCC1O. The summed E-state index contributed by atoms with van der Waals surface area (Å²) in [5.41, 5.74) is -0.625. The van der Waals surface area contributed by atoms with Gasteiger partial charge in [0.1, 0.15) is 0 Å². The third-order valence-corrected chi connectivity index (χ3v) is 2.31. The zero-order valence-corrected chi connectivity index (χ0v) is 5.88. The number of terminal acetylenes is 1. The van der Waals surface area contributed by atoms with Gasteiger partial charge in [0.25, 0.3) is 0 Å². The average Bonchev–Trinajstić information content (AvgIpc) is 2.32. The molecule has 0 bridgehead atoms. The fourth-order valence-electron chi connectivity index (χ4n) is 1.45. The van der Waals surface area contributed by atoms with Crippen LogP contribution in [0.4, 0.5) is 0 Å². The second-order valence-electron chi connectivity index (χ2n) is 2.87. The van der Waals surface area contributed by atoms with Gasteiger partial charge in [-0.05, 0) is 19.3 Å². The molecule has 0 aliphatic heterocycles. The van der Waals surface area contributed by atoms with Gasteiger partial charge in [0.2, 0.25) is 0 Å². The van der Waals surface area contributed by atoms with Gasteiger partial charge in [0.15, 0.2) is 0 Å². The van der Waals surface area contributed by atoms with Crippen LogP contribution < -0.4 is 0 Å². The van der Waals surface area contributed by atoms with Gasteiger partial charge < -0.3 is 10.2 Å². The summed E-state index contributed by atoms with van der Waals surface area (Å²) in [5, 5.41) is 18.2. The van der Waals surface area contributed by atoms with Crippen LogP contribution in [0.1, 0.15) is 19.3 Å². The van der Waals surface area contributed by atoms with E-state index in [9.17, 15) is 5.11 Å². The maximum atomic E-state index is 9.34. The van der Waals surface area contributed by atoms with Crippen molar-refractivity contribution in [2.75, 3.05) is 6.61 Å². The predicted octanol–water partition coefficient (Wildman–Crippen LogP) is 0.143. The Morgan fingerprint density at radius 3 is 2.60 bits per heavy atom. The van der Waals surface area contributed by atoms with Gasteiger partial charge in [-0.3, -0.25) is 0 Å².